The Kier molecular flexibility index (Phi) is 9.57. The van der Waals surface area contributed by atoms with Crippen molar-refractivity contribution in [2.75, 3.05) is 20.3 Å². The molecule has 0 aliphatic heterocycles. The first-order valence-electron chi connectivity index (χ1n) is 10.7. The van der Waals surface area contributed by atoms with E-state index in [-0.39, 0.29) is 16.8 Å². The molecule has 2 aromatic carbocycles. The molecule has 0 bridgehead atoms. The molecule has 0 aromatic heterocycles. The van der Waals surface area contributed by atoms with Crippen LogP contribution in [-0.4, -0.2) is 23.4 Å². The molecule has 0 aliphatic rings. The third-order valence-corrected chi connectivity index (χ3v) is 5.66. The molecule has 0 atom stereocenters. The van der Waals surface area contributed by atoms with Crippen molar-refractivity contribution in [2.45, 2.75) is 52.0 Å². The summed E-state index contributed by atoms with van der Waals surface area (Å²) in [6, 6.07) is 10.9. The van der Waals surface area contributed by atoms with Crippen molar-refractivity contribution in [3.05, 3.63) is 47.5 Å². The van der Waals surface area contributed by atoms with Crippen LogP contribution < -0.4 is 26.0 Å². The lowest BCUT2D eigenvalue weighted by Crippen LogP contribution is -2.51. The summed E-state index contributed by atoms with van der Waals surface area (Å²) in [4.78, 5) is 36.4. The highest BCUT2D eigenvalue weighted by Crippen LogP contribution is 2.30. The van der Waals surface area contributed by atoms with Crippen molar-refractivity contribution in [3.8, 4) is 0 Å². The Labute approximate surface area is 204 Å². The SMILES string of the molecule is CCCC(N)(CCC)C(=O)Nc1ccc(N(S)C(=O)Nc2ccc(NC(C)=O)cc2)cc1Cl. The number of hydrogen-bond donors (Lipinski definition) is 5. The molecule has 0 spiro atoms. The number of anilines is 4. The van der Waals surface area contributed by atoms with Crippen molar-refractivity contribution in [3.63, 3.8) is 0 Å². The number of benzene rings is 2. The fourth-order valence-electron chi connectivity index (χ4n) is 3.36. The van der Waals surface area contributed by atoms with Crippen LogP contribution in [-0.2, 0) is 9.59 Å². The number of rotatable bonds is 9. The van der Waals surface area contributed by atoms with E-state index in [1.165, 1.54) is 13.0 Å². The highest BCUT2D eigenvalue weighted by molar-refractivity contribution is 7.82. The van der Waals surface area contributed by atoms with Crippen molar-refractivity contribution in [2.24, 2.45) is 5.73 Å². The zero-order valence-electron chi connectivity index (χ0n) is 18.9. The van der Waals surface area contributed by atoms with Crippen molar-refractivity contribution in [1.29, 1.82) is 0 Å². The minimum absolute atomic E-state index is 0.183. The first-order chi connectivity index (χ1) is 15.6. The van der Waals surface area contributed by atoms with Crippen molar-refractivity contribution < 1.29 is 14.4 Å². The molecule has 178 valence electrons. The van der Waals surface area contributed by atoms with E-state index >= 15 is 0 Å². The number of nitrogens with two attached hydrogens (primary N) is 1. The van der Waals surface area contributed by atoms with Gasteiger partial charge < -0.3 is 21.7 Å². The number of hydrogen-bond acceptors (Lipinski definition) is 5. The first-order valence-corrected chi connectivity index (χ1v) is 11.4. The van der Waals surface area contributed by atoms with E-state index in [9.17, 15) is 14.4 Å². The quantitative estimate of drug-likeness (QED) is 0.301. The Morgan fingerprint density at radius 3 is 2.00 bits per heavy atom. The van der Waals surface area contributed by atoms with E-state index in [0.717, 1.165) is 17.1 Å². The van der Waals surface area contributed by atoms with Crippen LogP contribution in [0.25, 0.3) is 0 Å². The second-order valence-electron chi connectivity index (χ2n) is 7.77. The van der Waals surface area contributed by atoms with Crippen LogP contribution in [0.2, 0.25) is 5.02 Å². The van der Waals surface area contributed by atoms with E-state index in [1.807, 2.05) is 13.8 Å². The Balaban J connectivity index is 2.07. The van der Waals surface area contributed by atoms with Gasteiger partial charge in [0.15, 0.2) is 0 Å². The Bertz CT molecular complexity index is 994. The van der Waals surface area contributed by atoms with Gasteiger partial charge in [-0.25, -0.2) is 9.10 Å². The molecule has 2 rings (SSSR count). The lowest BCUT2D eigenvalue weighted by molar-refractivity contribution is -0.121. The zero-order valence-corrected chi connectivity index (χ0v) is 20.6. The summed E-state index contributed by atoms with van der Waals surface area (Å²) in [5.74, 6) is -0.471. The highest BCUT2D eigenvalue weighted by atomic mass is 35.5. The molecule has 10 heteroatoms. The van der Waals surface area contributed by atoms with Gasteiger partial charge in [0.1, 0.15) is 0 Å². The normalized spacial score (nSPS) is 11.0. The van der Waals surface area contributed by atoms with E-state index in [1.54, 1.807) is 36.4 Å². The van der Waals surface area contributed by atoms with Gasteiger partial charge in [-0.3, -0.25) is 9.59 Å². The van der Waals surface area contributed by atoms with Crippen LogP contribution in [0.15, 0.2) is 42.5 Å². The maximum absolute atomic E-state index is 12.8. The van der Waals surface area contributed by atoms with Crippen LogP contribution in [0, 0.1) is 0 Å². The number of carbonyl (C=O) groups excluding carboxylic acids is 3. The molecule has 8 nitrogen and oxygen atoms in total. The van der Waals surface area contributed by atoms with E-state index < -0.39 is 11.6 Å². The largest absolute Gasteiger partial charge is 0.336 e. The van der Waals surface area contributed by atoms with E-state index in [2.05, 4.69) is 28.8 Å². The third kappa shape index (κ3) is 7.38. The Hall–Kier alpha value is -2.75. The molecule has 0 radical (unpaired) electrons. The van der Waals surface area contributed by atoms with Crippen LogP contribution in [0.5, 0.6) is 0 Å². The average Bonchev–Trinajstić information content (AvgIpc) is 2.75. The van der Waals surface area contributed by atoms with E-state index in [4.69, 9.17) is 17.3 Å². The molecule has 0 aliphatic carbocycles. The second kappa shape index (κ2) is 11.9. The number of nitrogens with zero attached hydrogens (tertiary/aromatic N) is 1. The number of thiol groups is 1. The Morgan fingerprint density at radius 2 is 1.52 bits per heavy atom. The summed E-state index contributed by atoms with van der Waals surface area (Å²) in [7, 11) is 0. The third-order valence-electron chi connectivity index (χ3n) is 4.94. The molecular formula is C23H30ClN5O3S. The summed E-state index contributed by atoms with van der Waals surface area (Å²) < 4.78 is 1.10. The minimum Gasteiger partial charge on any atom is -0.326 e. The van der Waals surface area contributed by atoms with Gasteiger partial charge in [0.25, 0.3) is 0 Å². The predicted molar refractivity (Wildman–Crippen MR) is 138 cm³/mol. The first kappa shape index (κ1) is 26.5. The molecule has 0 heterocycles. The lowest BCUT2D eigenvalue weighted by Gasteiger charge is -2.28. The van der Waals surface area contributed by atoms with Gasteiger partial charge in [0, 0.05) is 18.3 Å². The van der Waals surface area contributed by atoms with Gasteiger partial charge in [0.2, 0.25) is 11.8 Å². The van der Waals surface area contributed by atoms with Crippen molar-refractivity contribution in [1.82, 2.24) is 0 Å². The van der Waals surface area contributed by atoms with Gasteiger partial charge in [-0.2, -0.15) is 0 Å². The summed E-state index contributed by atoms with van der Waals surface area (Å²) >= 11 is 10.6. The second-order valence-corrected chi connectivity index (χ2v) is 8.58. The van der Waals surface area contributed by atoms with Crippen molar-refractivity contribution >= 4 is 65.0 Å². The number of urea groups is 1. The zero-order chi connectivity index (χ0) is 24.6. The molecular weight excluding hydrogens is 462 g/mol. The van der Waals surface area contributed by atoms with E-state index in [0.29, 0.717) is 35.6 Å². The summed E-state index contributed by atoms with van der Waals surface area (Å²) in [5.41, 5.74) is 7.33. The lowest BCUT2D eigenvalue weighted by atomic mass is 9.89. The van der Waals surface area contributed by atoms with Gasteiger partial charge in [-0.05, 0) is 55.3 Å². The summed E-state index contributed by atoms with van der Waals surface area (Å²) in [5, 5.41) is 8.41. The predicted octanol–water partition coefficient (Wildman–Crippen LogP) is 5.42. The summed E-state index contributed by atoms with van der Waals surface area (Å²) in [6.45, 7) is 5.38. The van der Waals surface area contributed by atoms with Crippen LogP contribution in [0.3, 0.4) is 0 Å². The Morgan fingerprint density at radius 1 is 0.970 bits per heavy atom. The summed E-state index contributed by atoms with van der Waals surface area (Å²) in [6.07, 6.45) is 2.71. The van der Waals surface area contributed by atoms with Crippen LogP contribution in [0.1, 0.15) is 46.5 Å². The average molecular weight is 492 g/mol. The smallest absolute Gasteiger partial charge is 0.326 e. The molecule has 5 N–H and O–H groups in total. The number of carbonyl (C=O) groups is 3. The maximum atomic E-state index is 12.8. The highest BCUT2D eigenvalue weighted by Gasteiger charge is 2.32. The van der Waals surface area contributed by atoms with Gasteiger partial charge in [-0.15, -0.1) is 0 Å². The molecule has 33 heavy (non-hydrogen) atoms. The number of amides is 4. The molecule has 0 saturated heterocycles. The fourth-order valence-corrected chi connectivity index (χ4v) is 3.76. The minimum atomic E-state index is -0.962. The molecule has 2 aromatic rings. The fraction of sp³-hybridized carbons (Fsp3) is 0.348. The molecule has 0 unspecified atom stereocenters. The number of nitrogens with one attached hydrogen (secondary N) is 3. The van der Waals surface area contributed by atoms with Gasteiger partial charge >= 0.3 is 6.03 Å². The maximum Gasteiger partial charge on any atom is 0.336 e. The molecule has 4 amide bonds. The molecule has 0 saturated carbocycles. The van der Waals surface area contributed by atoms with Gasteiger partial charge in [-0.1, -0.05) is 51.1 Å². The van der Waals surface area contributed by atoms with Crippen LogP contribution >= 0.6 is 24.4 Å². The number of halogens is 1. The monoisotopic (exact) mass is 491 g/mol. The van der Waals surface area contributed by atoms with Crippen LogP contribution in [0.4, 0.5) is 27.5 Å². The topological polar surface area (TPSA) is 117 Å². The van der Waals surface area contributed by atoms with Gasteiger partial charge in [0.05, 0.1) is 21.9 Å². The molecule has 0 fully saturated rings. The standard InChI is InChI=1S/C23H30ClN5O3S/c1-4-12-23(25,13-5-2)21(31)28-20-11-10-18(14-19(20)24)29(33)22(32)27-17-8-6-16(7-9-17)26-15(3)30/h6-11,14,33H,4-5,12-13,25H2,1-3H3,(H,26,30)(H,27,32)(H,28,31).